The van der Waals surface area contributed by atoms with Gasteiger partial charge in [-0.05, 0) is 24.3 Å². The lowest BCUT2D eigenvalue weighted by Crippen LogP contribution is -2.10. The third-order valence-corrected chi connectivity index (χ3v) is 6.12. The lowest BCUT2D eigenvalue weighted by atomic mass is 10.3. The van der Waals surface area contributed by atoms with Crippen molar-refractivity contribution in [1.82, 2.24) is 4.98 Å². The van der Waals surface area contributed by atoms with Crippen molar-refractivity contribution in [3.05, 3.63) is 72.0 Å². The molecular weight excluding hydrogens is 424 g/mol. The predicted molar refractivity (Wildman–Crippen MR) is 106 cm³/mol. The lowest BCUT2D eigenvalue weighted by molar-refractivity contribution is 0.465. The number of benzene rings is 2. The Morgan fingerprint density at radius 1 is 0.964 bits per heavy atom. The van der Waals surface area contributed by atoms with Crippen molar-refractivity contribution in [2.45, 2.75) is 9.79 Å². The van der Waals surface area contributed by atoms with Gasteiger partial charge in [0, 0.05) is 18.3 Å². The Kier molecular flexibility index (Phi) is 5.59. The number of sulfone groups is 1. The molecule has 1 aromatic heterocycles. The van der Waals surface area contributed by atoms with Gasteiger partial charge in [0.15, 0.2) is 0 Å². The van der Waals surface area contributed by atoms with Crippen LogP contribution in [0.1, 0.15) is 0 Å². The van der Waals surface area contributed by atoms with Crippen LogP contribution in [0.3, 0.4) is 0 Å². The number of nitrogens with zero attached hydrogens (tertiary/aromatic N) is 1. The Morgan fingerprint density at radius 2 is 1.68 bits per heavy atom. The second-order valence-corrected chi connectivity index (χ2v) is 9.90. The van der Waals surface area contributed by atoms with E-state index in [-0.39, 0.29) is 27.0 Å². The van der Waals surface area contributed by atoms with Crippen LogP contribution in [0.15, 0.2) is 76.8 Å². The molecule has 146 valence electrons. The van der Waals surface area contributed by atoms with Crippen molar-refractivity contribution in [1.29, 1.82) is 0 Å². The molecule has 0 fully saturated rings. The first-order valence-corrected chi connectivity index (χ1v) is 11.6. The van der Waals surface area contributed by atoms with E-state index in [0.29, 0.717) is 5.02 Å². The van der Waals surface area contributed by atoms with Gasteiger partial charge < -0.3 is 4.74 Å². The standard InChI is InChI=1S/C18H15ClN2O5S2/c1-27(22,23)21-14-7-8-18(28(24,25)16-5-3-2-4-6-16)17(10-14)26-15-9-13(19)11-20-12-15/h2-12,21H,1H3. The first-order valence-electron chi connectivity index (χ1n) is 7.85. The number of hydrogen-bond acceptors (Lipinski definition) is 6. The average molecular weight is 439 g/mol. The largest absolute Gasteiger partial charge is 0.454 e. The molecular formula is C18H15ClN2O5S2. The summed E-state index contributed by atoms with van der Waals surface area (Å²) in [4.78, 5) is 3.84. The minimum absolute atomic E-state index is 0.0680. The van der Waals surface area contributed by atoms with Crippen LogP contribution in [-0.2, 0) is 19.9 Å². The molecule has 0 unspecified atom stereocenters. The normalized spacial score (nSPS) is 11.8. The summed E-state index contributed by atoms with van der Waals surface area (Å²) in [7, 11) is -7.48. The third-order valence-electron chi connectivity index (χ3n) is 3.50. The highest BCUT2D eigenvalue weighted by Gasteiger charge is 2.23. The molecule has 1 heterocycles. The summed E-state index contributed by atoms with van der Waals surface area (Å²) >= 11 is 5.90. The highest BCUT2D eigenvalue weighted by Crippen LogP contribution is 2.35. The van der Waals surface area contributed by atoms with E-state index in [1.807, 2.05) is 0 Å². The van der Waals surface area contributed by atoms with Gasteiger partial charge in [-0.25, -0.2) is 16.8 Å². The van der Waals surface area contributed by atoms with Gasteiger partial charge >= 0.3 is 0 Å². The third kappa shape index (κ3) is 4.80. The van der Waals surface area contributed by atoms with Crippen molar-refractivity contribution in [2.24, 2.45) is 0 Å². The van der Waals surface area contributed by atoms with Crippen LogP contribution in [0.2, 0.25) is 5.02 Å². The summed E-state index contributed by atoms with van der Waals surface area (Å²) in [5.41, 5.74) is 0.152. The molecule has 0 spiro atoms. The molecule has 3 aromatic rings. The first kappa shape index (κ1) is 20.1. The van der Waals surface area contributed by atoms with Crippen molar-refractivity contribution in [3.8, 4) is 11.5 Å². The fourth-order valence-corrected chi connectivity index (χ4v) is 4.49. The maximum atomic E-state index is 13.0. The van der Waals surface area contributed by atoms with E-state index in [4.69, 9.17) is 16.3 Å². The molecule has 0 radical (unpaired) electrons. The first-order chi connectivity index (χ1) is 13.1. The van der Waals surface area contributed by atoms with E-state index in [1.165, 1.54) is 48.8 Å². The maximum absolute atomic E-state index is 13.0. The summed E-state index contributed by atoms with van der Waals surface area (Å²) in [5, 5.41) is 0.301. The molecule has 0 saturated carbocycles. The Morgan fingerprint density at radius 3 is 2.32 bits per heavy atom. The minimum atomic E-state index is -3.92. The Balaban J connectivity index is 2.13. The number of hydrogen-bond donors (Lipinski definition) is 1. The van der Waals surface area contributed by atoms with Crippen LogP contribution < -0.4 is 9.46 Å². The van der Waals surface area contributed by atoms with Crippen molar-refractivity contribution < 1.29 is 21.6 Å². The molecule has 0 aliphatic rings. The van der Waals surface area contributed by atoms with Crippen LogP contribution >= 0.6 is 11.6 Å². The molecule has 2 aromatic carbocycles. The number of pyridine rings is 1. The highest BCUT2D eigenvalue weighted by molar-refractivity contribution is 7.92. The highest BCUT2D eigenvalue weighted by atomic mass is 35.5. The molecule has 0 aliphatic heterocycles. The van der Waals surface area contributed by atoms with E-state index in [0.717, 1.165) is 6.26 Å². The molecule has 10 heteroatoms. The number of halogens is 1. The Labute approximate surface area is 167 Å². The van der Waals surface area contributed by atoms with Gasteiger partial charge in [-0.2, -0.15) is 0 Å². The van der Waals surface area contributed by atoms with E-state index >= 15 is 0 Å². The summed E-state index contributed by atoms with van der Waals surface area (Å²) < 4.78 is 57.1. The van der Waals surface area contributed by atoms with Crippen LogP contribution in [-0.4, -0.2) is 28.1 Å². The number of anilines is 1. The zero-order chi connectivity index (χ0) is 20.4. The van der Waals surface area contributed by atoms with Gasteiger partial charge in [-0.15, -0.1) is 0 Å². The Hall–Kier alpha value is -2.62. The van der Waals surface area contributed by atoms with Crippen LogP contribution in [0.4, 0.5) is 5.69 Å². The maximum Gasteiger partial charge on any atom is 0.229 e. The van der Waals surface area contributed by atoms with Crippen LogP contribution in [0.5, 0.6) is 11.5 Å². The molecule has 0 amide bonds. The molecule has 3 rings (SSSR count). The van der Waals surface area contributed by atoms with Crippen molar-refractivity contribution in [3.63, 3.8) is 0 Å². The topological polar surface area (TPSA) is 102 Å². The molecule has 1 N–H and O–H groups in total. The lowest BCUT2D eigenvalue weighted by Gasteiger charge is -2.14. The van der Waals surface area contributed by atoms with Gasteiger partial charge in [0.25, 0.3) is 0 Å². The zero-order valence-corrected chi connectivity index (χ0v) is 16.9. The van der Waals surface area contributed by atoms with E-state index < -0.39 is 19.9 Å². The van der Waals surface area contributed by atoms with Crippen molar-refractivity contribution in [2.75, 3.05) is 11.0 Å². The monoisotopic (exact) mass is 438 g/mol. The molecule has 0 saturated heterocycles. The number of ether oxygens (including phenoxy) is 1. The summed E-state index contributed by atoms with van der Waals surface area (Å²) in [6, 6.07) is 13.2. The van der Waals surface area contributed by atoms with Gasteiger partial charge in [-0.1, -0.05) is 29.8 Å². The quantitative estimate of drug-likeness (QED) is 0.629. The molecule has 28 heavy (non-hydrogen) atoms. The van der Waals surface area contributed by atoms with Gasteiger partial charge in [0.2, 0.25) is 19.9 Å². The van der Waals surface area contributed by atoms with Crippen LogP contribution in [0, 0.1) is 0 Å². The van der Waals surface area contributed by atoms with Gasteiger partial charge in [0.05, 0.1) is 28.1 Å². The molecule has 7 nitrogen and oxygen atoms in total. The zero-order valence-electron chi connectivity index (χ0n) is 14.5. The number of sulfonamides is 1. The predicted octanol–water partition coefficient (Wildman–Crippen LogP) is 3.73. The second kappa shape index (κ2) is 7.78. The SMILES string of the molecule is CS(=O)(=O)Nc1ccc(S(=O)(=O)c2ccccc2)c(Oc2cncc(Cl)c2)c1. The second-order valence-electron chi connectivity index (χ2n) is 5.79. The van der Waals surface area contributed by atoms with E-state index in [1.54, 1.807) is 18.2 Å². The van der Waals surface area contributed by atoms with Crippen LogP contribution in [0.25, 0.3) is 0 Å². The van der Waals surface area contributed by atoms with Crippen molar-refractivity contribution >= 4 is 37.1 Å². The average Bonchev–Trinajstić information content (AvgIpc) is 2.61. The summed E-state index contributed by atoms with van der Waals surface area (Å²) in [6.07, 6.45) is 3.75. The molecule has 0 aliphatic carbocycles. The fourth-order valence-electron chi connectivity index (χ4n) is 2.39. The smallest absolute Gasteiger partial charge is 0.229 e. The number of aromatic nitrogens is 1. The summed E-state index contributed by atoms with van der Waals surface area (Å²) in [5.74, 6) is 0.134. The van der Waals surface area contributed by atoms with Gasteiger partial charge in [0.1, 0.15) is 16.4 Å². The summed E-state index contributed by atoms with van der Waals surface area (Å²) in [6.45, 7) is 0. The van der Waals surface area contributed by atoms with E-state index in [2.05, 4.69) is 9.71 Å². The number of rotatable bonds is 6. The van der Waals surface area contributed by atoms with E-state index in [9.17, 15) is 16.8 Å². The minimum Gasteiger partial charge on any atom is -0.454 e. The molecule has 0 atom stereocenters. The number of nitrogens with one attached hydrogen (secondary N) is 1. The molecule has 0 bridgehead atoms. The van der Waals surface area contributed by atoms with Gasteiger partial charge in [-0.3, -0.25) is 9.71 Å². The Bertz CT molecular complexity index is 1210. The fraction of sp³-hybridized carbons (Fsp3) is 0.0556.